The summed E-state index contributed by atoms with van der Waals surface area (Å²) in [5, 5.41) is 12.3. The Hall–Kier alpha value is -1.30. The predicted molar refractivity (Wildman–Crippen MR) is 33.2 cm³/mol. The molecule has 10 heavy (non-hydrogen) atoms. The molecule has 0 unspecified atom stereocenters. The molecule has 0 spiro atoms. The molecule has 1 fully saturated rings. The molecule has 1 saturated carbocycles. The molecule has 3 heteroatoms. The topological polar surface area (TPSA) is 49.8 Å². The molecule has 1 aromatic heterocycles. The van der Waals surface area contributed by atoms with E-state index >= 15 is 0 Å². The number of rotatable bonds is 1. The monoisotopic (exact) mass is 134 g/mol. The van der Waals surface area contributed by atoms with Crippen LogP contribution in [0.5, 0.6) is 0 Å². The second kappa shape index (κ2) is 1.84. The van der Waals surface area contributed by atoms with Gasteiger partial charge < -0.3 is 4.52 Å². The Morgan fingerprint density at radius 3 is 3.10 bits per heavy atom. The molecule has 0 radical (unpaired) electrons. The van der Waals surface area contributed by atoms with Crippen molar-refractivity contribution in [2.75, 3.05) is 0 Å². The van der Waals surface area contributed by atoms with Gasteiger partial charge in [-0.25, -0.2) is 0 Å². The van der Waals surface area contributed by atoms with Crippen LogP contribution in [0.3, 0.4) is 0 Å². The normalized spacial score (nSPS) is 16.7. The van der Waals surface area contributed by atoms with E-state index in [4.69, 9.17) is 5.26 Å². The lowest BCUT2D eigenvalue weighted by atomic mass is 10.2. The van der Waals surface area contributed by atoms with E-state index in [1.54, 1.807) is 0 Å². The zero-order valence-corrected chi connectivity index (χ0v) is 5.37. The molecule has 3 nitrogen and oxygen atoms in total. The van der Waals surface area contributed by atoms with E-state index in [9.17, 15) is 0 Å². The van der Waals surface area contributed by atoms with Gasteiger partial charge in [0, 0.05) is 5.92 Å². The Labute approximate surface area is 58.2 Å². The summed E-state index contributed by atoms with van der Waals surface area (Å²) >= 11 is 0. The minimum absolute atomic E-state index is 0.508. The summed E-state index contributed by atoms with van der Waals surface area (Å²) in [6, 6.07) is 2.04. The molecular weight excluding hydrogens is 128 g/mol. The van der Waals surface area contributed by atoms with Crippen LogP contribution in [-0.2, 0) is 0 Å². The summed E-state index contributed by atoms with van der Waals surface area (Å²) in [7, 11) is 0. The van der Waals surface area contributed by atoms with Crippen LogP contribution in [0.4, 0.5) is 0 Å². The Bertz CT molecular complexity index is 280. The van der Waals surface area contributed by atoms with Crippen molar-refractivity contribution in [2.24, 2.45) is 0 Å². The maximum Gasteiger partial charge on any atom is 0.141 e. The van der Waals surface area contributed by atoms with Crippen molar-refractivity contribution in [3.05, 3.63) is 17.5 Å². The number of hydrogen-bond donors (Lipinski definition) is 0. The number of aromatic nitrogens is 1. The van der Waals surface area contributed by atoms with E-state index in [2.05, 4.69) is 9.68 Å². The van der Waals surface area contributed by atoms with E-state index in [0.717, 1.165) is 18.5 Å². The summed E-state index contributed by atoms with van der Waals surface area (Å²) in [6.07, 6.45) is 3.72. The van der Waals surface area contributed by atoms with E-state index < -0.39 is 0 Å². The van der Waals surface area contributed by atoms with Gasteiger partial charge in [0.1, 0.15) is 23.6 Å². The molecule has 0 saturated heterocycles. The average molecular weight is 134 g/mol. The molecule has 2 rings (SSSR count). The van der Waals surface area contributed by atoms with Crippen molar-refractivity contribution >= 4 is 0 Å². The van der Waals surface area contributed by atoms with Crippen LogP contribution >= 0.6 is 0 Å². The second-order valence-corrected chi connectivity index (χ2v) is 2.50. The van der Waals surface area contributed by atoms with Crippen LogP contribution in [0.25, 0.3) is 0 Å². The first-order valence-corrected chi connectivity index (χ1v) is 3.26. The molecule has 1 aromatic rings. The maximum atomic E-state index is 8.53. The maximum absolute atomic E-state index is 8.53. The van der Waals surface area contributed by atoms with Gasteiger partial charge in [-0.1, -0.05) is 5.16 Å². The van der Waals surface area contributed by atoms with Gasteiger partial charge in [0.05, 0.1) is 0 Å². The third kappa shape index (κ3) is 0.695. The van der Waals surface area contributed by atoms with Crippen LogP contribution in [0.15, 0.2) is 10.8 Å². The number of nitriles is 1. The Kier molecular flexibility index (Phi) is 1.01. The van der Waals surface area contributed by atoms with E-state index in [1.807, 2.05) is 6.07 Å². The third-order valence-corrected chi connectivity index (χ3v) is 1.68. The van der Waals surface area contributed by atoms with Crippen molar-refractivity contribution in [1.82, 2.24) is 5.16 Å². The molecule has 0 N–H and O–H groups in total. The fourth-order valence-electron chi connectivity index (χ4n) is 0.980. The zero-order chi connectivity index (χ0) is 6.97. The molecule has 0 bridgehead atoms. The van der Waals surface area contributed by atoms with Gasteiger partial charge in [0.15, 0.2) is 0 Å². The van der Waals surface area contributed by atoms with E-state index in [1.165, 1.54) is 6.26 Å². The Morgan fingerprint density at radius 2 is 2.50 bits per heavy atom. The minimum atomic E-state index is 0.508. The molecule has 0 aromatic carbocycles. The van der Waals surface area contributed by atoms with Crippen LogP contribution < -0.4 is 0 Å². The van der Waals surface area contributed by atoms with Crippen LogP contribution in [-0.4, -0.2) is 5.16 Å². The van der Waals surface area contributed by atoms with Crippen molar-refractivity contribution in [2.45, 2.75) is 18.8 Å². The summed E-state index contributed by atoms with van der Waals surface area (Å²) in [5.41, 5.74) is 1.45. The summed E-state index contributed by atoms with van der Waals surface area (Å²) < 4.78 is 4.67. The average Bonchev–Trinajstić information content (AvgIpc) is 2.69. The Balaban J connectivity index is 2.40. The highest BCUT2D eigenvalue weighted by molar-refractivity contribution is 5.33. The lowest BCUT2D eigenvalue weighted by Gasteiger charge is -1.83. The highest BCUT2D eigenvalue weighted by Gasteiger charge is 2.29. The van der Waals surface area contributed by atoms with Crippen molar-refractivity contribution < 1.29 is 4.52 Å². The molecule has 1 heterocycles. The van der Waals surface area contributed by atoms with Gasteiger partial charge in [0.2, 0.25) is 0 Å². The third-order valence-electron chi connectivity index (χ3n) is 1.68. The van der Waals surface area contributed by atoms with Gasteiger partial charge >= 0.3 is 0 Å². The zero-order valence-electron chi connectivity index (χ0n) is 5.37. The summed E-state index contributed by atoms with van der Waals surface area (Å²) in [6.45, 7) is 0. The standard InChI is InChI=1S/C7H6N2O/c8-3-6-4-10-9-7(6)5-1-2-5/h4-5H,1-2H2. The lowest BCUT2D eigenvalue weighted by molar-refractivity contribution is 0.412. The Morgan fingerprint density at radius 1 is 1.70 bits per heavy atom. The molecule has 1 aliphatic rings. The number of nitrogens with zero attached hydrogens (tertiary/aromatic N) is 2. The van der Waals surface area contributed by atoms with Crippen molar-refractivity contribution in [1.29, 1.82) is 5.26 Å². The summed E-state index contributed by atoms with van der Waals surface area (Å²) in [5.74, 6) is 0.508. The highest BCUT2D eigenvalue weighted by Crippen LogP contribution is 2.40. The molecular formula is C7H6N2O. The molecule has 0 amide bonds. The van der Waals surface area contributed by atoms with Gasteiger partial charge in [0.25, 0.3) is 0 Å². The lowest BCUT2D eigenvalue weighted by Crippen LogP contribution is -1.81. The SMILES string of the molecule is N#Cc1conc1C1CC1. The number of hydrogen-bond acceptors (Lipinski definition) is 3. The largest absolute Gasteiger partial charge is 0.363 e. The fourth-order valence-corrected chi connectivity index (χ4v) is 0.980. The minimum Gasteiger partial charge on any atom is -0.363 e. The molecule has 0 atom stereocenters. The molecule has 1 aliphatic carbocycles. The van der Waals surface area contributed by atoms with Gasteiger partial charge in [-0.05, 0) is 12.8 Å². The molecule has 50 valence electrons. The summed E-state index contributed by atoms with van der Waals surface area (Å²) in [4.78, 5) is 0. The first kappa shape index (κ1) is 5.48. The molecule has 0 aliphatic heterocycles. The van der Waals surface area contributed by atoms with E-state index in [-0.39, 0.29) is 0 Å². The van der Waals surface area contributed by atoms with Crippen molar-refractivity contribution in [3.8, 4) is 6.07 Å². The first-order chi connectivity index (χ1) is 4.92. The van der Waals surface area contributed by atoms with Gasteiger partial charge in [-0.15, -0.1) is 0 Å². The second-order valence-electron chi connectivity index (χ2n) is 2.50. The van der Waals surface area contributed by atoms with E-state index in [0.29, 0.717) is 11.5 Å². The van der Waals surface area contributed by atoms with Crippen LogP contribution in [0.2, 0.25) is 0 Å². The smallest absolute Gasteiger partial charge is 0.141 e. The van der Waals surface area contributed by atoms with Gasteiger partial charge in [-0.2, -0.15) is 5.26 Å². The first-order valence-electron chi connectivity index (χ1n) is 3.26. The van der Waals surface area contributed by atoms with Gasteiger partial charge in [-0.3, -0.25) is 0 Å². The van der Waals surface area contributed by atoms with Crippen molar-refractivity contribution in [3.63, 3.8) is 0 Å². The predicted octanol–water partition coefficient (Wildman–Crippen LogP) is 1.42. The van der Waals surface area contributed by atoms with Crippen LogP contribution in [0, 0.1) is 11.3 Å². The quantitative estimate of drug-likeness (QED) is 0.583. The van der Waals surface area contributed by atoms with Crippen LogP contribution in [0.1, 0.15) is 30.0 Å². The highest BCUT2D eigenvalue weighted by atomic mass is 16.5. The fraction of sp³-hybridized carbons (Fsp3) is 0.429.